The second-order valence-electron chi connectivity index (χ2n) is 6.67. The molecule has 25 heavy (non-hydrogen) atoms. The van der Waals surface area contributed by atoms with Gasteiger partial charge < -0.3 is 21.1 Å². The summed E-state index contributed by atoms with van der Waals surface area (Å²) in [5.74, 6) is -2.03. The zero-order valence-electron chi connectivity index (χ0n) is 14.8. The van der Waals surface area contributed by atoms with Crippen molar-refractivity contribution in [3.05, 3.63) is 29.3 Å². The fourth-order valence-electron chi connectivity index (χ4n) is 2.93. The molecular formula is C18H25N3O4. The van der Waals surface area contributed by atoms with Crippen LogP contribution >= 0.6 is 0 Å². The van der Waals surface area contributed by atoms with Crippen molar-refractivity contribution in [3.63, 3.8) is 0 Å². The van der Waals surface area contributed by atoms with E-state index < -0.39 is 17.9 Å². The Bertz CT molecular complexity index is 666. The lowest BCUT2D eigenvalue weighted by atomic mass is 10.0. The third-order valence-electron chi connectivity index (χ3n) is 4.35. The number of nitrogens with one attached hydrogen (secondary N) is 3. The fraction of sp³-hybridized carbons (Fsp3) is 0.500. The third-order valence-corrected chi connectivity index (χ3v) is 4.35. The highest BCUT2D eigenvalue weighted by Gasteiger charge is 2.27. The molecule has 2 rings (SSSR count). The van der Waals surface area contributed by atoms with Gasteiger partial charge in [-0.2, -0.15) is 0 Å². The first-order chi connectivity index (χ1) is 11.8. The highest BCUT2D eigenvalue weighted by molar-refractivity contribution is 6.06. The molecule has 0 bridgehead atoms. The van der Waals surface area contributed by atoms with Crippen molar-refractivity contribution in [2.45, 2.75) is 45.7 Å². The first kappa shape index (κ1) is 18.9. The molecule has 0 saturated carbocycles. The SMILES string of the molecule is Cc1cccc(NC(=O)[C@@H]2CCCN2)c1C(=O)N[C@H](C(=O)O)C(C)C. The highest BCUT2D eigenvalue weighted by Crippen LogP contribution is 2.21. The summed E-state index contributed by atoms with van der Waals surface area (Å²) in [6, 6.07) is 3.90. The Balaban J connectivity index is 2.23. The van der Waals surface area contributed by atoms with Crippen LogP contribution < -0.4 is 16.0 Å². The van der Waals surface area contributed by atoms with E-state index in [0.29, 0.717) is 16.8 Å². The summed E-state index contributed by atoms with van der Waals surface area (Å²) >= 11 is 0. The minimum atomic E-state index is -1.09. The molecule has 0 spiro atoms. The second kappa shape index (κ2) is 8.11. The maximum absolute atomic E-state index is 12.7. The van der Waals surface area contributed by atoms with E-state index in [-0.39, 0.29) is 17.9 Å². The lowest BCUT2D eigenvalue weighted by molar-refractivity contribution is -0.140. The number of aliphatic carboxylic acids is 1. The zero-order chi connectivity index (χ0) is 18.6. The number of carbonyl (C=O) groups excluding carboxylic acids is 2. The molecule has 0 aromatic heterocycles. The second-order valence-corrected chi connectivity index (χ2v) is 6.67. The van der Waals surface area contributed by atoms with Crippen molar-refractivity contribution in [2.75, 3.05) is 11.9 Å². The van der Waals surface area contributed by atoms with Gasteiger partial charge in [-0.3, -0.25) is 9.59 Å². The maximum atomic E-state index is 12.7. The summed E-state index contributed by atoms with van der Waals surface area (Å²) in [6.07, 6.45) is 1.70. The summed E-state index contributed by atoms with van der Waals surface area (Å²) in [4.78, 5) is 36.3. The van der Waals surface area contributed by atoms with Crippen LogP contribution in [0.4, 0.5) is 5.69 Å². The Morgan fingerprint density at radius 1 is 1.28 bits per heavy atom. The molecule has 4 N–H and O–H groups in total. The molecule has 1 aliphatic rings. The predicted octanol–water partition coefficient (Wildman–Crippen LogP) is 1.52. The van der Waals surface area contributed by atoms with Gasteiger partial charge in [0, 0.05) is 0 Å². The van der Waals surface area contributed by atoms with Crippen LogP contribution in [0.1, 0.15) is 42.6 Å². The topological polar surface area (TPSA) is 108 Å². The van der Waals surface area contributed by atoms with Crippen molar-refractivity contribution in [1.29, 1.82) is 0 Å². The van der Waals surface area contributed by atoms with Crippen molar-refractivity contribution in [2.24, 2.45) is 5.92 Å². The van der Waals surface area contributed by atoms with Crippen LogP contribution in [0.25, 0.3) is 0 Å². The molecule has 0 aliphatic carbocycles. The first-order valence-corrected chi connectivity index (χ1v) is 8.48. The third kappa shape index (κ3) is 4.57. The minimum Gasteiger partial charge on any atom is -0.480 e. The van der Waals surface area contributed by atoms with Crippen LogP contribution in [0.2, 0.25) is 0 Å². The van der Waals surface area contributed by atoms with Gasteiger partial charge in [0.25, 0.3) is 5.91 Å². The molecule has 1 heterocycles. The molecule has 7 nitrogen and oxygen atoms in total. The van der Waals surface area contributed by atoms with Crippen LogP contribution in [-0.2, 0) is 9.59 Å². The molecule has 1 fully saturated rings. The quantitative estimate of drug-likeness (QED) is 0.624. The maximum Gasteiger partial charge on any atom is 0.326 e. The number of rotatable bonds is 6. The van der Waals surface area contributed by atoms with E-state index in [9.17, 15) is 19.5 Å². The molecule has 0 radical (unpaired) electrons. The molecule has 2 amide bonds. The first-order valence-electron chi connectivity index (χ1n) is 8.48. The predicted molar refractivity (Wildman–Crippen MR) is 94.6 cm³/mol. The smallest absolute Gasteiger partial charge is 0.326 e. The van der Waals surface area contributed by atoms with Gasteiger partial charge in [0.05, 0.1) is 17.3 Å². The van der Waals surface area contributed by atoms with E-state index in [1.54, 1.807) is 39.0 Å². The average Bonchev–Trinajstić information content (AvgIpc) is 3.06. The van der Waals surface area contributed by atoms with Crippen LogP contribution in [0.15, 0.2) is 18.2 Å². The van der Waals surface area contributed by atoms with Crippen molar-refractivity contribution >= 4 is 23.5 Å². The van der Waals surface area contributed by atoms with Gasteiger partial charge in [-0.25, -0.2) is 4.79 Å². The summed E-state index contributed by atoms with van der Waals surface area (Å²) in [6.45, 7) is 6.01. The molecule has 1 aromatic rings. The summed E-state index contributed by atoms with van der Waals surface area (Å²) in [7, 11) is 0. The molecule has 1 aromatic carbocycles. The Morgan fingerprint density at radius 3 is 2.56 bits per heavy atom. The molecule has 1 aliphatic heterocycles. The standard InChI is InChI=1S/C18H25N3O4/c1-10(2)15(18(24)25)21-17(23)14-11(3)6-4-7-12(14)20-16(22)13-8-5-9-19-13/h4,6-7,10,13,15,19H,5,8-9H2,1-3H3,(H,20,22)(H,21,23)(H,24,25)/t13-,15-/m0/s1. The average molecular weight is 347 g/mol. The van der Waals surface area contributed by atoms with E-state index in [1.807, 2.05) is 0 Å². The summed E-state index contributed by atoms with van der Waals surface area (Å²) < 4.78 is 0. The Morgan fingerprint density at radius 2 is 2.00 bits per heavy atom. The molecule has 136 valence electrons. The normalized spacial score (nSPS) is 18.0. The van der Waals surface area contributed by atoms with Crippen molar-refractivity contribution in [3.8, 4) is 0 Å². The van der Waals surface area contributed by atoms with Gasteiger partial charge in [-0.05, 0) is 43.9 Å². The fourth-order valence-corrected chi connectivity index (χ4v) is 2.93. The number of amides is 2. The van der Waals surface area contributed by atoms with E-state index in [0.717, 1.165) is 19.4 Å². The van der Waals surface area contributed by atoms with E-state index in [4.69, 9.17) is 0 Å². The Hall–Kier alpha value is -2.41. The number of carbonyl (C=O) groups is 3. The lowest BCUT2D eigenvalue weighted by Gasteiger charge is -2.20. The van der Waals surface area contributed by atoms with Crippen LogP contribution in [0.3, 0.4) is 0 Å². The highest BCUT2D eigenvalue weighted by atomic mass is 16.4. The zero-order valence-corrected chi connectivity index (χ0v) is 14.8. The number of hydrogen-bond acceptors (Lipinski definition) is 4. The molecule has 2 atom stereocenters. The monoisotopic (exact) mass is 347 g/mol. The largest absolute Gasteiger partial charge is 0.480 e. The van der Waals surface area contributed by atoms with E-state index in [1.165, 1.54) is 0 Å². The summed E-state index contributed by atoms with van der Waals surface area (Å²) in [5, 5.41) is 17.7. The van der Waals surface area contributed by atoms with Crippen molar-refractivity contribution < 1.29 is 19.5 Å². The van der Waals surface area contributed by atoms with Gasteiger partial charge in [-0.15, -0.1) is 0 Å². The van der Waals surface area contributed by atoms with Crippen molar-refractivity contribution in [1.82, 2.24) is 10.6 Å². The number of carboxylic acids is 1. The van der Waals surface area contributed by atoms with Gasteiger partial charge in [-0.1, -0.05) is 26.0 Å². The van der Waals surface area contributed by atoms with Crippen LogP contribution in [0, 0.1) is 12.8 Å². The number of hydrogen-bond donors (Lipinski definition) is 4. The minimum absolute atomic E-state index is 0.184. The molecule has 0 unspecified atom stereocenters. The van der Waals surface area contributed by atoms with Gasteiger partial charge in [0.15, 0.2) is 0 Å². The van der Waals surface area contributed by atoms with E-state index >= 15 is 0 Å². The van der Waals surface area contributed by atoms with Gasteiger partial charge in [0.1, 0.15) is 6.04 Å². The summed E-state index contributed by atoms with van der Waals surface area (Å²) in [5.41, 5.74) is 1.35. The number of aryl methyl sites for hydroxylation is 1. The van der Waals surface area contributed by atoms with Gasteiger partial charge >= 0.3 is 5.97 Å². The number of anilines is 1. The molecule has 1 saturated heterocycles. The van der Waals surface area contributed by atoms with Gasteiger partial charge in [0.2, 0.25) is 5.91 Å². The Labute approximate surface area is 147 Å². The van der Waals surface area contributed by atoms with Crippen LogP contribution in [-0.4, -0.2) is 41.5 Å². The number of benzene rings is 1. The van der Waals surface area contributed by atoms with Crippen LogP contribution in [0.5, 0.6) is 0 Å². The molecule has 7 heteroatoms. The van der Waals surface area contributed by atoms with E-state index in [2.05, 4.69) is 16.0 Å². The Kier molecular flexibility index (Phi) is 6.14. The molecular weight excluding hydrogens is 322 g/mol. The lowest BCUT2D eigenvalue weighted by Crippen LogP contribution is -2.45. The number of carboxylic acid groups (broad SMARTS) is 1.